The number of carbonyl (C=O) groups is 1. The number of rotatable bonds is 3. The van der Waals surface area contributed by atoms with E-state index in [2.05, 4.69) is 9.97 Å². The van der Waals surface area contributed by atoms with Crippen LogP contribution >= 0.6 is 33.9 Å². The Labute approximate surface area is 130 Å². The molecule has 20 heavy (non-hydrogen) atoms. The summed E-state index contributed by atoms with van der Waals surface area (Å²) in [5.74, 6) is -0.885. The van der Waals surface area contributed by atoms with Crippen molar-refractivity contribution in [1.29, 1.82) is 0 Å². The minimum absolute atomic E-state index is 0.0113. The van der Waals surface area contributed by atoms with Crippen LogP contribution in [-0.4, -0.2) is 36.6 Å². The first-order valence-electron chi connectivity index (χ1n) is 5.59. The molecule has 1 amide bonds. The van der Waals surface area contributed by atoms with E-state index in [0.29, 0.717) is 11.4 Å². The zero-order valence-electron chi connectivity index (χ0n) is 10.3. The molecule has 1 atom stereocenters. The van der Waals surface area contributed by atoms with Crippen LogP contribution in [0.1, 0.15) is 12.1 Å². The number of anilines is 1. The molecule has 1 fully saturated rings. The largest absolute Gasteiger partial charge is 0.308 e. The smallest absolute Gasteiger partial charge is 0.232 e. The van der Waals surface area contributed by atoms with E-state index in [1.54, 1.807) is 6.92 Å². The number of amides is 1. The number of aromatic nitrogens is 2. The van der Waals surface area contributed by atoms with Crippen molar-refractivity contribution in [3.05, 3.63) is 16.1 Å². The maximum Gasteiger partial charge on any atom is 0.232 e. The highest BCUT2D eigenvalue weighted by Crippen LogP contribution is 2.33. The first-order valence-corrected chi connectivity index (χ1v) is 8.83. The Morgan fingerprint density at radius 3 is 2.55 bits per heavy atom. The van der Waals surface area contributed by atoms with Gasteiger partial charge in [0.2, 0.25) is 20.2 Å². The van der Waals surface area contributed by atoms with Gasteiger partial charge in [-0.3, -0.25) is 4.79 Å². The van der Waals surface area contributed by atoms with Gasteiger partial charge in [0.25, 0.3) is 0 Å². The third kappa shape index (κ3) is 3.52. The van der Waals surface area contributed by atoms with Gasteiger partial charge in [-0.1, -0.05) is 11.6 Å². The molecule has 0 bridgehead atoms. The number of hydrogen-bond donors (Lipinski definition) is 0. The lowest BCUT2D eigenvalue weighted by atomic mass is 10.1. The molecular formula is C10H10Cl3N3O3S. The fourth-order valence-corrected chi connectivity index (χ4v) is 4.09. The highest BCUT2D eigenvalue weighted by atomic mass is 35.7. The summed E-state index contributed by atoms with van der Waals surface area (Å²) < 4.78 is 22.2. The van der Waals surface area contributed by atoms with E-state index in [1.165, 1.54) is 4.90 Å². The van der Waals surface area contributed by atoms with Crippen molar-refractivity contribution in [2.24, 2.45) is 5.92 Å². The number of nitrogens with zero attached hydrogens (tertiary/aromatic N) is 3. The lowest BCUT2D eigenvalue weighted by Gasteiger charge is -2.19. The fourth-order valence-electron chi connectivity index (χ4n) is 2.20. The zero-order chi connectivity index (χ0) is 15.1. The van der Waals surface area contributed by atoms with E-state index >= 15 is 0 Å². The first-order chi connectivity index (χ1) is 9.17. The summed E-state index contributed by atoms with van der Waals surface area (Å²) in [7, 11) is 1.56. The summed E-state index contributed by atoms with van der Waals surface area (Å²) in [6.45, 7) is 1.85. The summed E-state index contributed by atoms with van der Waals surface area (Å²) in [5.41, 5.74) is 0.813. The quantitative estimate of drug-likeness (QED) is 0.469. The molecule has 0 N–H and O–H groups in total. The average Bonchev–Trinajstić information content (AvgIpc) is 2.55. The van der Waals surface area contributed by atoms with E-state index in [9.17, 15) is 13.2 Å². The molecule has 1 aromatic heterocycles. The van der Waals surface area contributed by atoms with Gasteiger partial charge in [-0.25, -0.2) is 18.4 Å². The molecule has 0 aliphatic carbocycles. The Balaban J connectivity index is 2.29. The van der Waals surface area contributed by atoms with Crippen molar-refractivity contribution in [3.8, 4) is 0 Å². The highest BCUT2D eigenvalue weighted by molar-refractivity contribution is 8.13. The Morgan fingerprint density at radius 1 is 1.35 bits per heavy atom. The van der Waals surface area contributed by atoms with Crippen molar-refractivity contribution >= 4 is 54.5 Å². The molecule has 0 saturated carbocycles. The van der Waals surface area contributed by atoms with Gasteiger partial charge in [-0.2, -0.15) is 0 Å². The van der Waals surface area contributed by atoms with E-state index in [0.717, 1.165) is 0 Å². The van der Waals surface area contributed by atoms with Crippen LogP contribution < -0.4 is 4.90 Å². The van der Waals surface area contributed by atoms with Crippen molar-refractivity contribution in [2.75, 3.05) is 17.2 Å². The van der Waals surface area contributed by atoms with Crippen LogP contribution in [0.2, 0.25) is 10.4 Å². The van der Waals surface area contributed by atoms with Crippen molar-refractivity contribution in [2.45, 2.75) is 13.3 Å². The molecular weight excluding hydrogens is 349 g/mol. The van der Waals surface area contributed by atoms with E-state index < -0.39 is 9.05 Å². The van der Waals surface area contributed by atoms with Gasteiger partial charge in [-0.05, 0) is 18.5 Å². The first kappa shape index (κ1) is 15.8. The molecule has 2 rings (SSSR count). The Bertz CT molecular complexity index is 642. The van der Waals surface area contributed by atoms with Gasteiger partial charge in [-0.15, -0.1) is 0 Å². The number of halogens is 3. The van der Waals surface area contributed by atoms with E-state index in [-0.39, 0.29) is 41.0 Å². The standard InChI is InChI=1S/C10H10Cl3N3O3S/c1-5-8(9(11)15-10(12)14-5)16-3-6(2-7(16)17)4-20(13,18)19/h6H,2-4H2,1H3. The predicted molar refractivity (Wildman–Crippen MR) is 76.9 cm³/mol. The van der Waals surface area contributed by atoms with Crippen LogP contribution in [0.25, 0.3) is 0 Å². The second kappa shape index (κ2) is 5.63. The SMILES string of the molecule is Cc1nc(Cl)nc(Cl)c1N1CC(CS(=O)(=O)Cl)CC1=O. The summed E-state index contributed by atoms with van der Waals surface area (Å²) >= 11 is 11.7. The normalized spacial score (nSPS) is 19.7. The van der Waals surface area contributed by atoms with Crippen LogP contribution in [0.15, 0.2) is 0 Å². The zero-order valence-corrected chi connectivity index (χ0v) is 13.4. The second-order valence-corrected chi connectivity index (χ2v) is 8.02. The number of aryl methyl sites for hydroxylation is 1. The van der Waals surface area contributed by atoms with Gasteiger partial charge in [0.05, 0.1) is 11.4 Å². The molecule has 110 valence electrons. The average molecular weight is 359 g/mol. The monoisotopic (exact) mass is 357 g/mol. The van der Waals surface area contributed by atoms with Gasteiger partial charge in [0.15, 0.2) is 5.15 Å². The molecule has 0 radical (unpaired) electrons. The molecule has 1 aliphatic heterocycles. The topological polar surface area (TPSA) is 80.2 Å². The molecule has 1 aliphatic rings. The molecule has 0 aromatic carbocycles. The Morgan fingerprint density at radius 2 is 2.00 bits per heavy atom. The van der Waals surface area contributed by atoms with Crippen molar-refractivity contribution in [1.82, 2.24) is 9.97 Å². The minimum atomic E-state index is -3.66. The molecule has 10 heteroatoms. The summed E-state index contributed by atoms with van der Waals surface area (Å²) in [5, 5.41) is 0.0491. The van der Waals surface area contributed by atoms with Gasteiger partial charge in [0.1, 0.15) is 5.69 Å². The molecule has 1 aromatic rings. The van der Waals surface area contributed by atoms with Crippen molar-refractivity contribution < 1.29 is 13.2 Å². The molecule has 1 unspecified atom stereocenters. The van der Waals surface area contributed by atoms with Crippen LogP contribution in [-0.2, 0) is 13.8 Å². The molecule has 1 saturated heterocycles. The van der Waals surface area contributed by atoms with E-state index in [1.807, 2.05) is 0 Å². The Kier molecular flexibility index (Phi) is 4.44. The number of hydrogen-bond acceptors (Lipinski definition) is 5. The summed E-state index contributed by atoms with van der Waals surface area (Å²) in [6.07, 6.45) is 0.0876. The second-order valence-electron chi connectivity index (χ2n) is 4.50. The van der Waals surface area contributed by atoms with E-state index in [4.69, 9.17) is 33.9 Å². The lowest BCUT2D eigenvalue weighted by molar-refractivity contribution is -0.117. The predicted octanol–water partition coefficient (Wildman–Crippen LogP) is 2.01. The van der Waals surface area contributed by atoms with Gasteiger partial charge >= 0.3 is 0 Å². The third-order valence-electron chi connectivity index (χ3n) is 2.90. The van der Waals surface area contributed by atoms with Crippen LogP contribution in [0.3, 0.4) is 0 Å². The van der Waals surface area contributed by atoms with Crippen LogP contribution in [0, 0.1) is 12.8 Å². The third-order valence-corrected chi connectivity index (χ3v) is 4.58. The van der Waals surface area contributed by atoms with Crippen LogP contribution in [0.5, 0.6) is 0 Å². The maximum atomic E-state index is 12.0. The Hall–Kier alpha value is -0.630. The molecule has 0 spiro atoms. The maximum absolute atomic E-state index is 12.0. The van der Waals surface area contributed by atoms with Gasteiger partial charge in [0, 0.05) is 29.6 Å². The summed E-state index contributed by atoms with van der Waals surface area (Å²) in [4.78, 5) is 21.1. The van der Waals surface area contributed by atoms with Gasteiger partial charge < -0.3 is 4.90 Å². The molecule has 2 heterocycles. The molecule has 6 nitrogen and oxygen atoms in total. The minimum Gasteiger partial charge on any atom is -0.308 e. The highest BCUT2D eigenvalue weighted by Gasteiger charge is 2.35. The van der Waals surface area contributed by atoms with Crippen molar-refractivity contribution in [3.63, 3.8) is 0 Å². The number of carbonyl (C=O) groups excluding carboxylic acids is 1. The fraction of sp³-hybridized carbons (Fsp3) is 0.500. The van der Waals surface area contributed by atoms with Crippen LogP contribution in [0.4, 0.5) is 5.69 Å². The lowest BCUT2D eigenvalue weighted by Crippen LogP contribution is -2.27. The summed E-state index contributed by atoms with van der Waals surface area (Å²) in [6, 6.07) is 0.